The van der Waals surface area contributed by atoms with Crippen molar-refractivity contribution in [1.82, 2.24) is 0 Å². The molecule has 192 valence electrons. The number of anilines is 2. The molecule has 1 nitrogen and oxygen atoms in total. The molecule has 0 radical (unpaired) electrons. The predicted molar refractivity (Wildman–Crippen MR) is 178 cm³/mol. The standard InChI is InChI=1S/C37H27NS2/c1-3-28(23-33-25(2)39-35-15-9-7-13-31(33)35)38(29-19-17-27(18-20-29)26-11-5-4-6-12-26)30-21-22-37-34(24-30)32-14-8-10-16-36(32)40-37/h3-24H,1H2,2H3/b28-23+. The van der Waals surface area contributed by atoms with Crippen molar-refractivity contribution in [2.45, 2.75) is 6.92 Å². The molecule has 7 rings (SSSR count). The zero-order chi connectivity index (χ0) is 27.1. The van der Waals surface area contributed by atoms with Crippen molar-refractivity contribution in [3.8, 4) is 11.1 Å². The van der Waals surface area contributed by atoms with Crippen LogP contribution >= 0.6 is 22.7 Å². The van der Waals surface area contributed by atoms with Crippen LogP contribution in [0.5, 0.6) is 0 Å². The van der Waals surface area contributed by atoms with Crippen molar-refractivity contribution in [2.75, 3.05) is 4.90 Å². The second-order valence-corrected chi connectivity index (χ2v) is 12.2. The molecule has 0 unspecified atom stereocenters. The minimum atomic E-state index is 1.04. The van der Waals surface area contributed by atoms with Gasteiger partial charge in [0.1, 0.15) is 0 Å². The molecule has 0 fully saturated rings. The zero-order valence-corrected chi connectivity index (χ0v) is 23.8. The van der Waals surface area contributed by atoms with E-state index in [1.165, 1.54) is 51.8 Å². The van der Waals surface area contributed by atoms with Gasteiger partial charge in [-0.1, -0.05) is 85.4 Å². The first-order chi connectivity index (χ1) is 19.7. The summed E-state index contributed by atoms with van der Waals surface area (Å²) in [5, 5.41) is 3.86. The quantitative estimate of drug-likeness (QED) is 0.186. The normalized spacial score (nSPS) is 11.9. The van der Waals surface area contributed by atoms with Crippen molar-refractivity contribution in [2.24, 2.45) is 0 Å². The van der Waals surface area contributed by atoms with Crippen LogP contribution in [0.25, 0.3) is 47.5 Å². The zero-order valence-electron chi connectivity index (χ0n) is 22.2. The Kier molecular flexibility index (Phi) is 6.31. The molecular weight excluding hydrogens is 523 g/mol. The van der Waals surface area contributed by atoms with Crippen LogP contribution in [-0.2, 0) is 0 Å². The largest absolute Gasteiger partial charge is 0.310 e. The molecular formula is C37H27NS2. The van der Waals surface area contributed by atoms with Gasteiger partial charge < -0.3 is 4.90 Å². The maximum Gasteiger partial charge on any atom is 0.0468 e. The van der Waals surface area contributed by atoms with Crippen LogP contribution in [0, 0.1) is 6.92 Å². The Bertz CT molecular complexity index is 2020. The molecule has 0 bridgehead atoms. The van der Waals surface area contributed by atoms with Crippen LogP contribution < -0.4 is 4.90 Å². The van der Waals surface area contributed by atoms with E-state index in [0.717, 1.165) is 17.1 Å². The third-order valence-electron chi connectivity index (χ3n) is 7.43. The lowest BCUT2D eigenvalue weighted by molar-refractivity contribution is 1.23. The van der Waals surface area contributed by atoms with E-state index in [1.54, 1.807) is 0 Å². The van der Waals surface area contributed by atoms with Gasteiger partial charge in [-0.15, -0.1) is 22.7 Å². The monoisotopic (exact) mass is 549 g/mol. The molecule has 2 heterocycles. The highest BCUT2D eigenvalue weighted by molar-refractivity contribution is 7.25. The molecule has 0 N–H and O–H groups in total. The van der Waals surface area contributed by atoms with Crippen LogP contribution in [0.4, 0.5) is 11.4 Å². The molecule has 2 aromatic heterocycles. The van der Waals surface area contributed by atoms with Crippen LogP contribution in [0.2, 0.25) is 0 Å². The molecule has 0 saturated carbocycles. The average Bonchev–Trinajstić information content (AvgIpc) is 3.54. The van der Waals surface area contributed by atoms with Gasteiger partial charge in [-0.05, 0) is 78.2 Å². The third-order valence-corrected chi connectivity index (χ3v) is 9.68. The number of nitrogens with zero attached hydrogens (tertiary/aromatic N) is 1. The summed E-state index contributed by atoms with van der Waals surface area (Å²) in [6.45, 7) is 6.49. The van der Waals surface area contributed by atoms with Crippen molar-refractivity contribution in [1.29, 1.82) is 0 Å². The maximum atomic E-state index is 4.29. The van der Waals surface area contributed by atoms with Gasteiger partial charge in [-0.25, -0.2) is 0 Å². The summed E-state index contributed by atoms with van der Waals surface area (Å²) in [4.78, 5) is 3.64. The van der Waals surface area contributed by atoms with E-state index in [9.17, 15) is 0 Å². The highest BCUT2D eigenvalue weighted by Gasteiger charge is 2.17. The van der Waals surface area contributed by atoms with Crippen LogP contribution in [0.15, 0.2) is 140 Å². The molecule has 40 heavy (non-hydrogen) atoms. The lowest BCUT2D eigenvalue weighted by Crippen LogP contribution is -2.15. The summed E-state index contributed by atoms with van der Waals surface area (Å²) < 4.78 is 3.92. The minimum absolute atomic E-state index is 1.04. The summed E-state index contributed by atoms with van der Waals surface area (Å²) in [5.41, 5.74) is 6.93. The van der Waals surface area contributed by atoms with Crippen LogP contribution in [0.3, 0.4) is 0 Å². The maximum absolute atomic E-state index is 4.29. The van der Waals surface area contributed by atoms with Crippen molar-refractivity contribution < 1.29 is 0 Å². The first-order valence-electron chi connectivity index (χ1n) is 13.4. The fourth-order valence-corrected chi connectivity index (χ4v) is 7.59. The Balaban J connectivity index is 1.42. The molecule has 0 saturated heterocycles. The molecule has 0 spiro atoms. The molecule has 0 aliphatic heterocycles. The van der Waals surface area contributed by atoms with E-state index in [2.05, 4.69) is 146 Å². The number of fused-ring (bicyclic) bond motifs is 4. The molecule has 5 aromatic carbocycles. The number of allylic oxidation sites excluding steroid dienone is 1. The number of hydrogen-bond acceptors (Lipinski definition) is 3. The van der Waals surface area contributed by atoms with Gasteiger partial charge in [0.2, 0.25) is 0 Å². The van der Waals surface area contributed by atoms with Crippen molar-refractivity contribution >= 4 is 70.4 Å². The Morgan fingerprint density at radius 2 is 1.20 bits per heavy atom. The number of aryl methyl sites for hydroxylation is 1. The summed E-state index contributed by atoms with van der Waals surface area (Å²) in [5.74, 6) is 0. The van der Waals surface area contributed by atoms with Gasteiger partial charge in [-0.3, -0.25) is 0 Å². The molecule has 0 aliphatic rings. The molecule has 0 atom stereocenters. The summed E-state index contributed by atoms with van der Waals surface area (Å²) in [6.07, 6.45) is 4.27. The predicted octanol–water partition coefficient (Wildman–Crippen LogP) is 11.6. The lowest BCUT2D eigenvalue weighted by atomic mass is 10.0. The molecule has 0 amide bonds. The van der Waals surface area contributed by atoms with Gasteiger partial charge in [-0.2, -0.15) is 0 Å². The van der Waals surface area contributed by atoms with Gasteiger partial charge in [0.15, 0.2) is 0 Å². The van der Waals surface area contributed by atoms with Gasteiger partial charge in [0.05, 0.1) is 0 Å². The molecule has 3 heteroatoms. The number of thiophene rings is 2. The van der Waals surface area contributed by atoms with E-state index >= 15 is 0 Å². The Labute approximate surface area is 242 Å². The van der Waals surface area contributed by atoms with Gasteiger partial charge in [0.25, 0.3) is 0 Å². The van der Waals surface area contributed by atoms with Crippen LogP contribution in [-0.4, -0.2) is 0 Å². The highest BCUT2D eigenvalue weighted by Crippen LogP contribution is 2.40. The van der Waals surface area contributed by atoms with E-state index in [0.29, 0.717) is 0 Å². The van der Waals surface area contributed by atoms with Crippen molar-refractivity contribution in [3.63, 3.8) is 0 Å². The second-order valence-electron chi connectivity index (χ2n) is 9.87. The van der Waals surface area contributed by atoms with Gasteiger partial charge >= 0.3 is 0 Å². The first kappa shape index (κ1) is 24.6. The fourth-order valence-electron chi connectivity index (χ4n) is 5.46. The van der Waals surface area contributed by atoms with Crippen LogP contribution in [0.1, 0.15) is 10.4 Å². The molecule has 7 aromatic rings. The fraction of sp³-hybridized carbons (Fsp3) is 0.0270. The first-order valence-corrected chi connectivity index (χ1v) is 15.0. The van der Waals surface area contributed by atoms with Gasteiger partial charge in [0, 0.05) is 52.2 Å². The molecule has 0 aliphatic carbocycles. The smallest absolute Gasteiger partial charge is 0.0468 e. The topological polar surface area (TPSA) is 3.24 Å². The Morgan fingerprint density at radius 3 is 1.95 bits per heavy atom. The number of benzene rings is 5. The highest BCUT2D eigenvalue weighted by atomic mass is 32.1. The van der Waals surface area contributed by atoms with E-state index in [1.807, 2.05) is 28.7 Å². The van der Waals surface area contributed by atoms with E-state index < -0.39 is 0 Å². The summed E-state index contributed by atoms with van der Waals surface area (Å²) >= 11 is 3.69. The summed E-state index contributed by atoms with van der Waals surface area (Å²) in [7, 11) is 0. The SMILES string of the molecule is C=C/C(=C\c1c(C)sc2ccccc12)N(c1ccc(-c2ccccc2)cc1)c1ccc2sc3ccccc3c2c1. The summed E-state index contributed by atoms with van der Waals surface area (Å²) in [6, 6.07) is 43.5. The third kappa shape index (κ3) is 4.34. The van der Waals surface area contributed by atoms with E-state index in [-0.39, 0.29) is 0 Å². The Hall–Kier alpha value is -4.44. The number of rotatable bonds is 6. The Morgan fingerprint density at radius 1 is 0.600 bits per heavy atom. The lowest BCUT2D eigenvalue weighted by Gasteiger charge is -2.27. The second kappa shape index (κ2) is 10.3. The van der Waals surface area contributed by atoms with Crippen molar-refractivity contribution in [3.05, 3.63) is 150 Å². The minimum Gasteiger partial charge on any atom is -0.310 e. The van der Waals surface area contributed by atoms with E-state index in [4.69, 9.17) is 0 Å². The average molecular weight is 550 g/mol. The number of hydrogen-bond donors (Lipinski definition) is 0.